The van der Waals surface area contributed by atoms with Gasteiger partial charge >= 0.3 is 0 Å². The zero-order valence-electron chi connectivity index (χ0n) is 18.6. The first kappa shape index (κ1) is 21.4. The molecule has 164 valence electrons. The summed E-state index contributed by atoms with van der Waals surface area (Å²) in [6.07, 6.45) is 4.17. The summed E-state index contributed by atoms with van der Waals surface area (Å²) in [5.74, 6) is 1.01. The Kier molecular flexibility index (Phi) is 6.28. The second-order valence-electron chi connectivity index (χ2n) is 8.68. The van der Waals surface area contributed by atoms with Gasteiger partial charge in [-0.25, -0.2) is 4.98 Å². The maximum absolute atomic E-state index is 13.4. The van der Waals surface area contributed by atoms with Crippen LogP contribution in [0.5, 0.6) is 5.75 Å². The third-order valence-corrected chi connectivity index (χ3v) is 6.45. The summed E-state index contributed by atoms with van der Waals surface area (Å²) in [4.78, 5) is 23.1. The molecule has 1 aliphatic rings. The van der Waals surface area contributed by atoms with Gasteiger partial charge in [0.15, 0.2) is 5.82 Å². The van der Waals surface area contributed by atoms with Crippen molar-refractivity contribution in [2.75, 3.05) is 13.7 Å². The van der Waals surface area contributed by atoms with E-state index in [1.54, 1.807) is 7.11 Å². The molecular weight excluding hydrogens is 388 g/mol. The molecule has 1 amide bonds. The summed E-state index contributed by atoms with van der Waals surface area (Å²) in [6, 6.07) is 16.4. The number of para-hydroxylation sites is 1. The molecule has 2 aromatic carbocycles. The van der Waals surface area contributed by atoms with E-state index in [-0.39, 0.29) is 17.5 Å². The minimum absolute atomic E-state index is 0.00353. The van der Waals surface area contributed by atoms with Gasteiger partial charge in [-0.05, 0) is 57.2 Å². The zero-order valence-corrected chi connectivity index (χ0v) is 18.6. The molecule has 1 aliphatic carbocycles. The van der Waals surface area contributed by atoms with Gasteiger partial charge < -0.3 is 19.9 Å². The Morgan fingerprint density at radius 2 is 2.06 bits per heavy atom. The SMILES string of the molecule is CCN(C(=O)c1nc2c(OC)cccc2[nH]1)[C@H]1CCCC(C)(NCc2ccccc2)C1. The van der Waals surface area contributed by atoms with Gasteiger partial charge in [-0.1, -0.05) is 36.4 Å². The van der Waals surface area contributed by atoms with Crippen LogP contribution in [0.25, 0.3) is 11.0 Å². The fourth-order valence-electron chi connectivity index (χ4n) is 4.77. The van der Waals surface area contributed by atoms with Crippen molar-refractivity contribution in [3.63, 3.8) is 0 Å². The molecule has 31 heavy (non-hydrogen) atoms. The van der Waals surface area contributed by atoms with Gasteiger partial charge in [0.05, 0.1) is 12.6 Å². The van der Waals surface area contributed by atoms with Crippen molar-refractivity contribution >= 4 is 16.9 Å². The number of nitrogens with zero attached hydrogens (tertiary/aromatic N) is 2. The average Bonchev–Trinajstić information content (AvgIpc) is 3.24. The highest BCUT2D eigenvalue weighted by atomic mass is 16.5. The maximum Gasteiger partial charge on any atom is 0.289 e. The molecule has 0 spiro atoms. The van der Waals surface area contributed by atoms with Crippen molar-refractivity contribution < 1.29 is 9.53 Å². The number of fused-ring (bicyclic) bond motifs is 1. The molecule has 0 radical (unpaired) electrons. The number of ether oxygens (including phenoxy) is 1. The Bertz CT molecular complexity index is 1030. The number of aromatic amines is 1. The van der Waals surface area contributed by atoms with Crippen molar-refractivity contribution in [2.24, 2.45) is 0 Å². The highest BCUT2D eigenvalue weighted by Crippen LogP contribution is 2.32. The van der Waals surface area contributed by atoms with E-state index in [0.717, 1.165) is 37.7 Å². The molecule has 1 unspecified atom stereocenters. The van der Waals surface area contributed by atoms with Gasteiger partial charge in [0.2, 0.25) is 0 Å². The number of H-pyrrole nitrogens is 1. The van der Waals surface area contributed by atoms with E-state index in [4.69, 9.17) is 4.74 Å². The number of hydrogen-bond acceptors (Lipinski definition) is 4. The number of aromatic nitrogens is 2. The van der Waals surface area contributed by atoms with Crippen molar-refractivity contribution in [1.29, 1.82) is 0 Å². The van der Waals surface area contributed by atoms with E-state index in [1.807, 2.05) is 36.1 Å². The standard InChI is InChI=1S/C25H32N4O2/c1-4-29(24(30)23-27-20-13-8-14-21(31-3)22(20)28-23)19-12-9-15-25(2,16-19)26-17-18-10-6-5-7-11-18/h5-8,10-11,13-14,19,26H,4,9,12,15-17H2,1-3H3,(H,27,28)/t19-,25?/m0/s1. The van der Waals surface area contributed by atoms with Gasteiger partial charge in [0, 0.05) is 24.7 Å². The number of carbonyl (C=O) groups is 1. The monoisotopic (exact) mass is 420 g/mol. The minimum atomic E-state index is -0.0435. The Morgan fingerprint density at radius 3 is 2.81 bits per heavy atom. The van der Waals surface area contributed by atoms with Crippen LogP contribution < -0.4 is 10.1 Å². The van der Waals surface area contributed by atoms with E-state index < -0.39 is 0 Å². The average molecular weight is 421 g/mol. The molecule has 1 aromatic heterocycles. The summed E-state index contributed by atoms with van der Waals surface area (Å²) in [5.41, 5.74) is 2.80. The number of amides is 1. The third kappa shape index (κ3) is 4.59. The topological polar surface area (TPSA) is 70.2 Å². The number of carbonyl (C=O) groups excluding carboxylic acids is 1. The van der Waals surface area contributed by atoms with Crippen LogP contribution in [0.1, 0.15) is 55.7 Å². The molecular formula is C25H32N4O2. The summed E-state index contributed by atoms with van der Waals surface area (Å²) < 4.78 is 5.40. The van der Waals surface area contributed by atoms with E-state index in [2.05, 4.69) is 46.5 Å². The van der Waals surface area contributed by atoms with Gasteiger partial charge in [-0.2, -0.15) is 0 Å². The van der Waals surface area contributed by atoms with E-state index in [1.165, 1.54) is 5.56 Å². The highest BCUT2D eigenvalue weighted by Gasteiger charge is 2.36. The van der Waals surface area contributed by atoms with E-state index in [0.29, 0.717) is 23.6 Å². The number of methoxy groups -OCH3 is 1. The third-order valence-electron chi connectivity index (χ3n) is 6.45. The van der Waals surface area contributed by atoms with Gasteiger partial charge in [-0.3, -0.25) is 4.79 Å². The van der Waals surface area contributed by atoms with Crippen molar-refractivity contribution in [1.82, 2.24) is 20.2 Å². The second-order valence-corrected chi connectivity index (χ2v) is 8.68. The molecule has 6 nitrogen and oxygen atoms in total. The Balaban J connectivity index is 1.49. The number of hydrogen-bond donors (Lipinski definition) is 2. The Labute approximate surface area is 184 Å². The molecule has 2 N–H and O–H groups in total. The highest BCUT2D eigenvalue weighted by molar-refractivity contribution is 5.95. The molecule has 1 fully saturated rings. The van der Waals surface area contributed by atoms with E-state index >= 15 is 0 Å². The number of nitrogens with one attached hydrogen (secondary N) is 2. The van der Waals surface area contributed by atoms with Crippen LogP contribution in [-0.4, -0.2) is 46.0 Å². The van der Waals surface area contributed by atoms with Crippen LogP contribution in [0.15, 0.2) is 48.5 Å². The summed E-state index contributed by atoms with van der Waals surface area (Å²) in [6.45, 7) is 5.83. The maximum atomic E-state index is 13.4. The predicted octanol–water partition coefficient (Wildman–Crippen LogP) is 4.52. The quantitative estimate of drug-likeness (QED) is 0.589. The molecule has 3 aromatic rings. The first-order chi connectivity index (χ1) is 15.0. The predicted molar refractivity (Wildman–Crippen MR) is 123 cm³/mol. The Hall–Kier alpha value is -2.86. The van der Waals surface area contributed by atoms with Crippen LogP contribution in [0.2, 0.25) is 0 Å². The number of imidazole rings is 1. The fraction of sp³-hybridized carbons (Fsp3) is 0.440. The summed E-state index contributed by atoms with van der Waals surface area (Å²) >= 11 is 0. The molecule has 6 heteroatoms. The van der Waals surface area contributed by atoms with Crippen LogP contribution in [0.3, 0.4) is 0 Å². The molecule has 1 heterocycles. The van der Waals surface area contributed by atoms with Crippen molar-refractivity contribution in [3.05, 3.63) is 59.9 Å². The van der Waals surface area contributed by atoms with Crippen molar-refractivity contribution in [2.45, 2.75) is 57.7 Å². The zero-order chi connectivity index (χ0) is 21.8. The first-order valence-electron chi connectivity index (χ1n) is 11.2. The largest absolute Gasteiger partial charge is 0.494 e. The minimum Gasteiger partial charge on any atom is -0.494 e. The van der Waals surface area contributed by atoms with Crippen LogP contribution in [-0.2, 0) is 6.54 Å². The van der Waals surface area contributed by atoms with Crippen LogP contribution in [0.4, 0.5) is 0 Å². The van der Waals surface area contributed by atoms with Crippen molar-refractivity contribution in [3.8, 4) is 5.75 Å². The molecule has 2 atom stereocenters. The molecule has 1 saturated carbocycles. The normalized spacial score (nSPS) is 21.2. The molecule has 0 aliphatic heterocycles. The van der Waals surface area contributed by atoms with E-state index in [9.17, 15) is 4.79 Å². The fourth-order valence-corrected chi connectivity index (χ4v) is 4.77. The lowest BCUT2D eigenvalue weighted by Gasteiger charge is -2.43. The lowest BCUT2D eigenvalue weighted by Crippen LogP contribution is -2.52. The second kappa shape index (κ2) is 9.10. The van der Waals surface area contributed by atoms with Crippen LogP contribution >= 0.6 is 0 Å². The van der Waals surface area contributed by atoms with Gasteiger partial charge in [0.25, 0.3) is 5.91 Å². The lowest BCUT2D eigenvalue weighted by molar-refractivity contribution is 0.0564. The molecule has 0 bridgehead atoms. The molecule has 4 rings (SSSR count). The summed E-state index contributed by atoms with van der Waals surface area (Å²) in [5, 5.41) is 3.76. The smallest absolute Gasteiger partial charge is 0.289 e. The van der Waals surface area contributed by atoms with Gasteiger partial charge in [-0.15, -0.1) is 0 Å². The number of rotatable bonds is 7. The van der Waals surface area contributed by atoms with Crippen LogP contribution in [0, 0.1) is 0 Å². The Morgan fingerprint density at radius 1 is 1.26 bits per heavy atom. The first-order valence-corrected chi connectivity index (χ1v) is 11.2. The lowest BCUT2D eigenvalue weighted by atomic mass is 9.79. The summed E-state index contributed by atoms with van der Waals surface area (Å²) in [7, 11) is 1.62. The molecule has 0 saturated heterocycles. The van der Waals surface area contributed by atoms with Gasteiger partial charge in [0.1, 0.15) is 11.3 Å². The number of benzene rings is 2.